The van der Waals surface area contributed by atoms with Crippen LogP contribution in [0.25, 0.3) is 0 Å². The topological polar surface area (TPSA) is 58.6 Å². The van der Waals surface area contributed by atoms with Gasteiger partial charge in [-0.3, -0.25) is 4.79 Å². The van der Waals surface area contributed by atoms with E-state index >= 15 is 0 Å². The first-order valence-electron chi connectivity index (χ1n) is 4.72. The molecule has 2 N–H and O–H groups in total. The number of hydrogen-bond donors (Lipinski definition) is 2. The van der Waals surface area contributed by atoms with E-state index in [1.807, 2.05) is 6.92 Å². The van der Waals surface area contributed by atoms with Crippen LogP contribution in [0.15, 0.2) is 24.3 Å². The van der Waals surface area contributed by atoms with Gasteiger partial charge in [0.1, 0.15) is 5.75 Å². The summed E-state index contributed by atoms with van der Waals surface area (Å²) in [5, 5.41) is 11.8. The number of phenols is 1. The third-order valence-electron chi connectivity index (χ3n) is 1.92. The lowest BCUT2D eigenvalue weighted by Crippen LogP contribution is -2.35. The molecule has 1 unspecified atom stereocenters. The number of rotatable bonds is 4. The molecule has 1 aromatic rings. The maximum atomic E-state index is 11.6. The predicted molar refractivity (Wildman–Crippen MR) is 56.9 cm³/mol. The Hall–Kier alpha value is -1.55. The maximum Gasteiger partial charge on any atom is 0.251 e. The summed E-state index contributed by atoms with van der Waals surface area (Å²) in [6.07, 6.45) is 0. The highest BCUT2D eigenvalue weighted by molar-refractivity contribution is 5.94. The van der Waals surface area contributed by atoms with Crippen molar-refractivity contribution in [3.8, 4) is 5.75 Å². The van der Waals surface area contributed by atoms with Gasteiger partial charge in [-0.2, -0.15) is 0 Å². The van der Waals surface area contributed by atoms with E-state index in [-0.39, 0.29) is 17.7 Å². The zero-order chi connectivity index (χ0) is 11.3. The Morgan fingerprint density at radius 1 is 1.47 bits per heavy atom. The average molecular weight is 209 g/mol. The Kier molecular flexibility index (Phi) is 4.12. The van der Waals surface area contributed by atoms with Gasteiger partial charge >= 0.3 is 0 Å². The number of ether oxygens (including phenoxy) is 1. The molecule has 82 valence electrons. The van der Waals surface area contributed by atoms with Crippen molar-refractivity contribution in [2.45, 2.75) is 13.0 Å². The van der Waals surface area contributed by atoms with Crippen LogP contribution in [0.1, 0.15) is 17.3 Å². The van der Waals surface area contributed by atoms with E-state index < -0.39 is 0 Å². The van der Waals surface area contributed by atoms with Gasteiger partial charge in [0.05, 0.1) is 6.61 Å². The second kappa shape index (κ2) is 5.36. The van der Waals surface area contributed by atoms with E-state index in [1.165, 1.54) is 12.1 Å². The second-order valence-electron chi connectivity index (χ2n) is 3.38. The second-order valence-corrected chi connectivity index (χ2v) is 3.38. The number of hydrogen-bond acceptors (Lipinski definition) is 3. The van der Waals surface area contributed by atoms with Crippen molar-refractivity contribution in [2.75, 3.05) is 13.7 Å². The molecule has 0 saturated heterocycles. The minimum Gasteiger partial charge on any atom is -0.508 e. The van der Waals surface area contributed by atoms with Gasteiger partial charge in [-0.1, -0.05) is 0 Å². The first-order valence-corrected chi connectivity index (χ1v) is 4.72. The molecule has 0 spiro atoms. The summed E-state index contributed by atoms with van der Waals surface area (Å²) >= 11 is 0. The standard InChI is InChI=1S/C11H15NO3/c1-8(7-15-2)12-11(14)9-3-5-10(13)6-4-9/h3-6,8,13H,7H2,1-2H3,(H,12,14). The lowest BCUT2D eigenvalue weighted by atomic mass is 10.2. The Morgan fingerprint density at radius 2 is 2.07 bits per heavy atom. The number of benzene rings is 1. The van der Waals surface area contributed by atoms with E-state index in [2.05, 4.69) is 5.32 Å². The zero-order valence-corrected chi connectivity index (χ0v) is 8.86. The summed E-state index contributed by atoms with van der Waals surface area (Å²) in [6.45, 7) is 2.34. The molecule has 4 nitrogen and oxygen atoms in total. The Bertz CT molecular complexity index is 321. The molecule has 0 fully saturated rings. The summed E-state index contributed by atoms with van der Waals surface area (Å²) in [7, 11) is 1.59. The number of amides is 1. The number of phenolic OH excluding ortho intramolecular Hbond substituents is 1. The highest BCUT2D eigenvalue weighted by Crippen LogP contribution is 2.09. The van der Waals surface area contributed by atoms with Crippen LogP contribution >= 0.6 is 0 Å². The van der Waals surface area contributed by atoms with Gasteiger partial charge in [-0.15, -0.1) is 0 Å². The van der Waals surface area contributed by atoms with Crippen LogP contribution in [0.5, 0.6) is 5.75 Å². The minimum absolute atomic E-state index is 0.0312. The van der Waals surface area contributed by atoms with Crippen LogP contribution < -0.4 is 5.32 Å². The molecule has 0 heterocycles. The van der Waals surface area contributed by atoms with Gasteiger partial charge in [0.2, 0.25) is 0 Å². The largest absolute Gasteiger partial charge is 0.508 e. The fourth-order valence-corrected chi connectivity index (χ4v) is 1.21. The number of methoxy groups -OCH3 is 1. The average Bonchev–Trinajstić information content (AvgIpc) is 2.18. The SMILES string of the molecule is COCC(C)NC(=O)c1ccc(O)cc1. The Balaban J connectivity index is 2.57. The van der Waals surface area contributed by atoms with Crippen LogP contribution in [-0.2, 0) is 4.74 Å². The fraction of sp³-hybridized carbons (Fsp3) is 0.364. The first kappa shape index (κ1) is 11.5. The van der Waals surface area contributed by atoms with Crippen LogP contribution in [0.3, 0.4) is 0 Å². The number of carbonyl (C=O) groups is 1. The normalized spacial score (nSPS) is 12.1. The molecule has 15 heavy (non-hydrogen) atoms. The third-order valence-corrected chi connectivity index (χ3v) is 1.92. The Morgan fingerprint density at radius 3 is 2.60 bits per heavy atom. The summed E-state index contributed by atoms with van der Waals surface area (Å²) < 4.78 is 4.90. The highest BCUT2D eigenvalue weighted by Gasteiger charge is 2.08. The smallest absolute Gasteiger partial charge is 0.251 e. The van der Waals surface area contributed by atoms with Gasteiger partial charge in [-0.25, -0.2) is 0 Å². The minimum atomic E-state index is -0.167. The number of carbonyl (C=O) groups excluding carboxylic acids is 1. The van der Waals surface area contributed by atoms with Crippen molar-refractivity contribution in [3.05, 3.63) is 29.8 Å². The molecule has 0 aromatic heterocycles. The molecular weight excluding hydrogens is 194 g/mol. The van der Waals surface area contributed by atoms with Crippen LogP contribution in [0.4, 0.5) is 0 Å². The quantitative estimate of drug-likeness (QED) is 0.782. The maximum absolute atomic E-state index is 11.6. The molecule has 1 aromatic carbocycles. The van der Waals surface area contributed by atoms with Gasteiger partial charge in [0, 0.05) is 18.7 Å². The van der Waals surface area contributed by atoms with Gasteiger partial charge in [0.25, 0.3) is 5.91 Å². The number of nitrogens with one attached hydrogen (secondary N) is 1. The third kappa shape index (κ3) is 3.59. The van der Waals surface area contributed by atoms with Gasteiger partial charge in [0.15, 0.2) is 0 Å². The van der Waals surface area contributed by atoms with Crippen molar-refractivity contribution in [2.24, 2.45) is 0 Å². The van der Waals surface area contributed by atoms with Gasteiger partial charge in [-0.05, 0) is 31.2 Å². The van der Waals surface area contributed by atoms with E-state index in [1.54, 1.807) is 19.2 Å². The lowest BCUT2D eigenvalue weighted by molar-refractivity contribution is 0.0905. The molecule has 0 aliphatic heterocycles. The zero-order valence-electron chi connectivity index (χ0n) is 8.86. The van der Waals surface area contributed by atoms with Crippen molar-refractivity contribution in [1.29, 1.82) is 0 Å². The van der Waals surface area contributed by atoms with E-state index in [9.17, 15) is 4.79 Å². The molecule has 0 bridgehead atoms. The van der Waals surface area contributed by atoms with E-state index in [4.69, 9.17) is 9.84 Å². The van der Waals surface area contributed by atoms with Gasteiger partial charge < -0.3 is 15.2 Å². The molecule has 0 saturated carbocycles. The summed E-state index contributed by atoms with van der Waals surface area (Å²) in [5.74, 6) is -0.0176. The van der Waals surface area contributed by atoms with Crippen molar-refractivity contribution in [3.63, 3.8) is 0 Å². The van der Waals surface area contributed by atoms with Crippen LogP contribution in [0, 0.1) is 0 Å². The molecule has 1 atom stereocenters. The molecule has 0 aliphatic carbocycles. The van der Waals surface area contributed by atoms with Crippen LogP contribution in [0.2, 0.25) is 0 Å². The summed E-state index contributed by atoms with van der Waals surface area (Å²) in [5.41, 5.74) is 0.524. The summed E-state index contributed by atoms with van der Waals surface area (Å²) in [4.78, 5) is 11.6. The highest BCUT2D eigenvalue weighted by atomic mass is 16.5. The van der Waals surface area contributed by atoms with Crippen LogP contribution in [-0.4, -0.2) is 30.8 Å². The van der Waals surface area contributed by atoms with E-state index in [0.29, 0.717) is 12.2 Å². The monoisotopic (exact) mass is 209 g/mol. The van der Waals surface area contributed by atoms with Crippen molar-refractivity contribution < 1.29 is 14.6 Å². The molecule has 0 radical (unpaired) electrons. The van der Waals surface area contributed by atoms with Crippen molar-refractivity contribution in [1.82, 2.24) is 5.32 Å². The predicted octanol–water partition coefficient (Wildman–Crippen LogP) is 1.16. The Labute approximate surface area is 88.9 Å². The van der Waals surface area contributed by atoms with E-state index in [0.717, 1.165) is 0 Å². The molecule has 1 amide bonds. The molecule has 0 aliphatic rings. The molecule has 1 rings (SSSR count). The molecular formula is C11H15NO3. The number of aromatic hydroxyl groups is 1. The molecule has 4 heteroatoms. The first-order chi connectivity index (χ1) is 7.13. The lowest BCUT2D eigenvalue weighted by Gasteiger charge is -2.12. The fourth-order valence-electron chi connectivity index (χ4n) is 1.21. The van der Waals surface area contributed by atoms with Crippen molar-refractivity contribution >= 4 is 5.91 Å². The summed E-state index contributed by atoms with van der Waals surface area (Å²) in [6, 6.07) is 6.08.